The minimum Gasteiger partial charge on any atom is -0.444 e. The number of hydrogen-bond acceptors (Lipinski definition) is 9. The zero-order valence-electron chi connectivity index (χ0n) is 22.5. The lowest BCUT2D eigenvalue weighted by Gasteiger charge is -2.55. The van der Waals surface area contributed by atoms with Crippen LogP contribution < -0.4 is 9.64 Å². The van der Waals surface area contributed by atoms with Gasteiger partial charge in [-0.25, -0.2) is 9.78 Å². The molecule has 0 aliphatic carbocycles. The Morgan fingerprint density at radius 1 is 1.10 bits per heavy atom. The monoisotopic (exact) mass is 608 g/mol. The van der Waals surface area contributed by atoms with Gasteiger partial charge in [-0.15, -0.1) is 24.5 Å². The molecule has 3 aliphatic rings. The number of piperidine rings is 1. The molecule has 0 saturated carbocycles. The second-order valence-electron chi connectivity index (χ2n) is 10.9. The smallest absolute Gasteiger partial charge is 0.444 e. The molecule has 6 rings (SSSR count). The number of amides is 1. The fourth-order valence-electron chi connectivity index (χ4n) is 5.03. The Balaban J connectivity index is 1.62. The molecule has 3 fully saturated rings. The molecule has 2 aromatic heterocycles. The van der Waals surface area contributed by atoms with E-state index in [0.29, 0.717) is 13.3 Å². The highest BCUT2D eigenvalue weighted by Gasteiger charge is 2.56. The molecule has 0 spiro atoms. The molecular formula is C25H26F6N4O5S. The third-order valence-electron chi connectivity index (χ3n) is 7.02. The van der Waals surface area contributed by atoms with Crippen molar-refractivity contribution in [2.75, 3.05) is 25.1 Å². The fourth-order valence-corrected chi connectivity index (χ4v) is 5.68. The molecule has 41 heavy (non-hydrogen) atoms. The first-order chi connectivity index (χ1) is 18.9. The van der Waals surface area contributed by atoms with E-state index in [-0.39, 0.29) is 47.3 Å². The van der Waals surface area contributed by atoms with Gasteiger partial charge in [0.1, 0.15) is 10.6 Å². The van der Waals surface area contributed by atoms with Crippen LogP contribution in [0.1, 0.15) is 39.7 Å². The largest absolute Gasteiger partial charge is 0.573 e. The van der Waals surface area contributed by atoms with Gasteiger partial charge in [-0.2, -0.15) is 18.2 Å². The Hall–Kier alpha value is -3.27. The number of alkyl halides is 6. The molecule has 0 radical (unpaired) electrons. The molecule has 9 nitrogen and oxygen atoms in total. The van der Waals surface area contributed by atoms with Gasteiger partial charge in [-0.05, 0) is 40.2 Å². The summed E-state index contributed by atoms with van der Waals surface area (Å²) in [5, 5.41) is 1.75. The first kappa shape index (κ1) is 29.2. The molecule has 3 aromatic rings. The van der Waals surface area contributed by atoms with Gasteiger partial charge in [0.2, 0.25) is 0 Å². The van der Waals surface area contributed by atoms with Gasteiger partial charge in [0.05, 0.1) is 17.6 Å². The molecule has 3 unspecified atom stereocenters. The van der Waals surface area contributed by atoms with Crippen LogP contribution in [-0.2, 0) is 15.1 Å². The molecule has 2 bridgehead atoms. The summed E-state index contributed by atoms with van der Waals surface area (Å²) in [5.74, 6) is -1.19. The van der Waals surface area contributed by atoms with Crippen molar-refractivity contribution in [2.45, 2.75) is 69.9 Å². The zero-order valence-corrected chi connectivity index (χ0v) is 23.3. The van der Waals surface area contributed by atoms with Gasteiger partial charge >= 0.3 is 18.6 Å². The van der Waals surface area contributed by atoms with Crippen molar-refractivity contribution in [3.63, 3.8) is 0 Å². The molecule has 224 valence electrons. The normalized spacial score (nSPS) is 21.0. The highest BCUT2D eigenvalue weighted by molar-refractivity contribution is 7.13. The van der Waals surface area contributed by atoms with Crippen LogP contribution in [0.5, 0.6) is 5.75 Å². The number of aromatic nitrogens is 2. The standard InChI is InChI=1S/C25H26F6N4O5S/c1-22(2,3)40-21(36)35-12-8-13(35)11-34(10-12)20-33-16-17(38-20)14(19-32-6-7-41-19)9-15(18(16)39-25(29,30)31)23(4,37-5)24(26,27)28/h6-7,9,12-13H,8,10-11H2,1-5H3. The van der Waals surface area contributed by atoms with Crippen LogP contribution in [0.4, 0.5) is 37.2 Å². The molecule has 1 aromatic carbocycles. The van der Waals surface area contributed by atoms with Crippen molar-refractivity contribution in [1.29, 1.82) is 0 Å². The van der Waals surface area contributed by atoms with E-state index in [2.05, 4.69) is 14.7 Å². The number of anilines is 1. The number of fused-ring (bicyclic) bond motifs is 3. The molecule has 1 amide bonds. The SMILES string of the molecule is COC(C)(c1cc(-c2nccs2)c2oc(N3CC4CC(C3)N4C(=O)OC(C)(C)C)nc2c1OC(F)(F)F)C(F)(F)F. The van der Waals surface area contributed by atoms with Gasteiger partial charge in [0, 0.05) is 37.3 Å². The number of carbonyl (C=O) groups excluding carboxylic acids is 1. The summed E-state index contributed by atoms with van der Waals surface area (Å²) in [6, 6.07) is 0.194. The zero-order chi connectivity index (χ0) is 30.1. The van der Waals surface area contributed by atoms with Crippen molar-refractivity contribution >= 4 is 34.5 Å². The summed E-state index contributed by atoms with van der Waals surface area (Å²) >= 11 is 1.05. The Bertz CT molecular complexity index is 1440. The molecule has 3 atom stereocenters. The van der Waals surface area contributed by atoms with E-state index in [1.807, 2.05) is 0 Å². The van der Waals surface area contributed by atoms with Gasteiger partial charge in [0.15, 0.2) is 22.5 Å². The Kier molecular flexibility index (Phi) is 6.88. The van der Waals surface area contributed by atoms with Gasteiger partial charge in [0.25, 0.3) is 6.01 Å². The van der Waals surface area contributed by atoms with E-state index in [0.717, 1.165) is 24.5 Å². The molecule has 0 N–H and O–H groups in total. The number of methoxy groups -OCH3 is 1. The maximum absolute atomic E-state index is 14.3. The van der Waals surface area contributed by atoms with E-state index >= 15 is 0 Å². The number of halogens is 6. The van der Waals surface area contributed by atoms with Gasteiger partial charge < -0.3 is 23.5 Å². The van der Waals surface area contributed by atoms with Crippen LogP contribution in [0.25, 0.3) is 21.7 Å². The summed E-state index contributed by atoms with van der Waals surface area (Å²) in [6.45, 7) is 6.27. The number of rotatable bonds is 5. The Morgan fingerprint density at radius 2 is 1.76 bits per heavy atom. The van der Waals surface area contributed by atoms with Crippen molar-refractivity contribution in [3.05, 3.63) is 23.2 Å². The van der Waals surface area contributed by atoms with E-state index in [4.69, 9.17) is 13.9 Å². The maximum atomic E-state index is 14.3. The first-order valence-corrected chi connectivity index (χ1v) is 13.3. The minimum absolute atomic E-state index is 0.0108. The van der Waals surface area contributed by atoms with Crippen LogP contribution in [0, 0.1) is 0 Å². The van der Waals surface area contributed by atoms with Crippen LogP contribution in [0.2, 0.25) is 0 Å². The Labute approximate surface area is 234 Å². The second kappa shape index (κ2) is 9.64. The van der Waals surface area contributed by atoms with Crippen molar-refractivity contribution in [3.8, 4) is 16.3 Å². The Morgan fingerprint density at radius 3 is 2.27 bits per heavy atom. The number of nitrogens with zero attached hydrogens (tertiary/aromatic N) is 4. The van der Waals surface area contributed by atoms with E-state index in [1.165, 1.54) is 6.20 Å². The fraction of sp³-hybridized carbons (Fsp3) is 0.560. The van der Waals surface area contributed by atoms with Crippen LogP contribution >= 0.6 is 11.3 Å². The summed E-state index contributed by atoms with van der Waals surface area (Å²) < 4.78 is 104. The third-order valence-corrected chi connectivity index (χ3v) is 7.83. The van der Waals surface area contributed by atoms with Crippen molar-refractivity contribution in [2.24, 2.45) is 0 Å². The third kappa shape index (κ3) is 5.27. The van der Waals surface area contributed by atoms with Crippen LogP contribution in [0.3, 0.4) is 0 Å². The predicted octanol–water partition coefficient (Wildman–Crippen LogP) is 6.47. The highest BCUT2D eigenvalue weighted by Crippen LogP contribution is 2.51. The molecule has 3 saturated heterocycles. The number of benzene rings is 1. The topological polar surface area (TPSA) is 90.2 Å². The van der Waals surface area contributed by atoms with Gasteiger partial charge in [-0.1, -0.05) is 0 Å². The minimum atomic E-state index is -5.36. The lowest BCUT2D eigenvalue weighted by atomic mass is 9.88. The first-order valence-electron chi connectivity index (χ1n) is 12.4. The lowest BCUT2D eigenvalue weighted by Crippen LogP contribution is -2.70. The summed E-state index contributed by atoms with van der Waals surface area (Å²) in [4.78, 5) is 24.2. The van der Waals surface area contributed by atoms with Crippen LogP contribution in [0.15, 0.2) is 22.1 Å². The average molecular weight is 609 g/mol. The number of carbonyl (C=O) groups is 1. The summed E-state index contributed by atoms with van der Waals surface area (Å²) in [7, 11) is 0.739. The van der Waals surface area contributed by atoms with Crippen molar-refractivity contribution in [1.82, 2.24) is 14.9 Å². The number of hydrogen-bond donors (Lipinski definition) is 0. The molecule has 5 heterocycles. The second-order valence-corrected chi connectivity index (χ2v) is 11.8. The number of ether oxygens (including phenoxy) is 3. The van der Waals surface area contributed by atoms with Gasteiger partial charge in [-0.3, -0.25) is 4.90 Å². The van der Waals surface area contributed by atoms with Crippen molar-refractivity contribution < 1.29 is 49.8 Å². The van der Waals surface area contributed by atoms with E-state index < -0.39 is 46.7 Å². The number of piperazine rings is 1. The molecular weight excluding hydrogens is 582 g/mol. The maximum Gasteiger partial charge on any atom is 0.573 e. The highest BCUT2D eigenvalue weighted by atomic mass is 32.1. The van der Waals surface area contributed by atoms with E-state index in [9.17, 15) is 31.1 Å². The van der Waals surface area contributed by atoms with Crippen LogP contribution in [-0.4, -0.2) is 71.4 Å². The number of oxazole rings is 1. The molecule has 3 aliphatic heterocycles. The summed E-state index contributed by atoms with van der Waals surface area (Å²) in [6.07, 6.45) is -8.91. The van der Waals surface area contributed by atoms with E-state index in [1.54, 1.807) is 36.0 Å². The predicted molar refractivity (Wildman–Crippen MR) is 135 cm³/mol. The quantitative estimate of drug-likeness (QED) is 0.305. The molecule has 16 heteroatoms. The number of thiazole rings is 1. The average Bonchev–Trinajstić information content (AvgIpc) is 3.52. The lowest BCUT2D eigenvalue weighted by molar-refractivity contribution is -0.283. The summed E-state index contributed by atoms with van der Waals surface area (Å²) in [5.41, 5.74) is -5.67.